The first kappa shape index (κ1) is 12.3. The molecule has 1 nitrogen and oxygen atoms in total. The molecule has 74 valence electrons. The van der Waals surface area contributed by atoms with Crippen molar-refractivity contribution in [3.8, 4) is 0 Å². The predicted octanol–water partition coefficient (Wildman–Crippen LogP) is 2.68. The van der Waals surface area contributed by atoms with Crippen LogP contribution in [0.4, 0.5) is 8.78 Å². The van der Waals surface area contributed by atoms with Gasteiger partial charge in [-0.25, -0.2) is 8.78 Å². The summed E-state index contributed by atoms with van der Waals surface area (Å²) in [5.41, 5.74) is 6.21. The Balaban J connectivity index is 0.00000144. The first-order valence-electron chi connectivity index (χ1n) is 3.71. The molecule has 2 N–H and O–H groups in total. The Morgan fingerprint density at radius 3 is 2.00 bits per heavy atom. The highest BCUT2D eigenvalue weighted by atomic mass is 35.5. The van der Waals surface area contributed by atoms with Crippen LogP contribution in [0.1, 0.15) is 18.1 Å². The topological polar surface area (TPSA) is 26.0 Å². The minimum atomic E-state index is -2.76. The highest BCUT2D eigenvalue weighted by Crippen LogP contribution is 2.26. The molecule has 0 saturated heterocycles. The number of hydrogen-bond donors (Lipinski definition) is 1. The second-order valence-electron chi connectivity index (χ2n) is 2.79. The summed E-state index contributed by atoms with van der Waals surface area (Å²) in [4.78, 5) is 0. The zero-order valence-corrected chi connectivity index (χ0v) is 8.07. The van der Waals surface area contributed by atoms with E-state index in [2.05, 4.69) is 0 Å². The average Bonchev–Trinajstić information content (AvgIpc) is 2.03. The van der Waals surface area contributed by atoms with Gasteiger partial charge in [0, 0.05) is 19.0 Å². The van der Waals surface area contributed by atoms with E-state index in [0.29, 0.717) is 6.54 Å². The minimum absolute atomic E-state index is 0. The van der Waals surface area contributed by atoms with E-state index in [4.69, 9.17) is 5.73 Å². The molecular weight excluding hydrogens is 196 g/mol. The Bertz CT molecular complexity index is 253. The summed E-state index contributed by atoms with van der Waals surface area (Å²) in [5, 5.41) is 0. The van der Waals surface area contributed by atoms with Crippen molar-refractivity contribution in [2.75, 3.05) is 0 Å². The number of rotatable bonds is 2. The van der Waals surface area contributed by atoms with Crippen molar-refractivity contribution in [3.05, 3.63) is 35.4 Å². The summed E-state index contributed by atoms with van der Waals surface area (Å²) >= 11 is 0. The quantitative estimate of drug-likeness (QED) is 0.793. The number of halogens is 3. The summed E-state index contributed by atoms with van der Waals surface area (Å²) in [6.45, 7) is 1.26. The van der Waals surface area contributed by atoms with Crippen LogP contribution >= 0.6 is 12.4 Å². The molecule has 0 aliphatic rings. The molecule has 0 saturated carbocycles. The van der Waals surface area contributed by atoms with Gasteiger partial charge in [0.2, 0.25) is 0 Å². The summed E-state index contributed by atoms with van der Waals surface area (Å²) in [6, 6.07) is 6.05. The molecule has 0 aliphatic heterocycles. The molecule has 0 unspecified atom stereocenters. The Morgan fingerprint density at radius 1 is 1.23 bits per heavy atom. The van der Waals surface area contributed by atoms with Gasteiger partial charge in [0.1, 0.15) is 0 Å². The zero-order valence-electron chi connectivity index (χ0n) is 7.26. The Morgan fingerprint density at radius 2 is 1.69 bits per heavy atom. The Labute approximate surface area is 82.4 Å². The van der Waals surface area contributed by atoms with Crippen molar-refractivity contribution in [2.45, 2.75) is 19.4 Å². The van der Waals surface area contributed by atoms with Crippen molar-refractivity contribution in [3.63, 3.8) is 0 Å². The standard InChI is InChI=1S/C9H11F2N.ClH/c1-9(10,11)8-4-2-7(6-12)3-5-8;/h2-5H,6,12H2,1H3;1H. The molecule has 1 rings (SSSR count). The molecule has 0 fully saturated rings. The van der Waals surface area contributed by atoms with Crippen LogP contribution < -0.4 is 5.73 Å². The van der Waals surface area contributed by atoms with E-state index >= 15 is 0 Å². The average molecular weight is 208 g/mol. The van der Waals surface area contributed by atoms with E-state index in [-0.39, 0.29) is 18.0 Å². The minimum Gasteiger partial charge on any atom is -0.326 e. The molecule has 0 radical (unpaired) electrons. The van der Waals surface area contributed by atoms with E-state index in [1.807, 2.05) is 0 Å². The van der Waals surface area contributed by atoms with Gasteiger partial charge in [0.15, 0.2) is 0 Å². The fourth-order valence-corrected chi connectivity index (χ4v) is 0.933. The van der Waals surface area contributed by atoms with Gasteiger partial charge in [-0.05, 0) is 5.56 Å². The smallest absolute Gasteiger partial charge is 0.270 e. The normalized spacial score (nSPS) is 10.8. The van der Waals surface area contributed by atoms with E-state index in [0.717, 1.165) is 12.5 Å². The Hall–Kier alpha value is -0.670. The van der Waals surface area contributed by atoms with Crippen LogP contribution in [0, 0.1) is 0 Å². The monoisotopic (exact) mass is 207 g/mol. The van der Waals surface area contributed by atoms with Gasteiger partial charge in [0.05, 0.1) is 0 Å². The fourth-order valence-electron chi connectivity index (χ4n) is 0.933. The van der Waals surface area contributed by atoms with Gasteiger partial charge < -0.3 is 5.73 Å². The molecule has 13 heavy (non-hydrogen) atoms. The highest BCUT2D eigenvalue weighted by molar-refractivity contribution is 5.85. The van der Waals surface area contributed by atoms with Crippen molar-refractivity contribution in [1.82, 2.24) is 0 Å². The van der Waals surface area contributed by atoms with E-state index in [1.165, 1.54) is 12.1 Å². The van der Waals surface area contributed by atoms with Crippen molar-refractivity contribution in [1.29, 1.82) is 0 Å². The predicted molar refractivity (Wildman–Crippen MR) is 51.1 cm³/mol. The van der Waals surface area contributed by atoms with Gasteiger partial charge >= 0.3 is 0 Å². The SMILES string of the molecule is CC(F)(F)c1ccc(CN)cc1.Cl. The first-order valence-corrected chi connectivity index (χ1v) is 3.71. The first-order chi connectivity index (χ1) is 5.54. The van der Waals surface area contributed by atoms with Crippen LogP contribution in [0.25, 0.3) is 0 Å². The lowest BCUT2D eigenvalue weighted by atomic mass is 10.1. The maximum Gasteiger partial charge on any atom is 0.270 e. The molecule has 1 aromatic rings. The van der Waals surface area contributed by atoms with Gasteiger partial charge in [-0.1, -0.05) is 24.3 Å². The molecule has 0 heterocycles. The fraction of sp³-hybridized carbons (Fsp3) is 0.333. The molecule has 0 aliphatic carbocycles. The van der Waals surface area contributed by atoms with Gasteiger partial charge in [-0.2, -0.15) is 0 Å². The van der Waals surface area contributed by atoms with E-state index < -0.39 is 5.92 Å². The molecule has 4 heteroatoms. The zero-order chi connectivity index (χ0) is 9.19. The summed E-state index contributed by atoms with van der Waals surface area (Å²) < 4.78 is 25.3. The van der Waals surface area contributed by atoms with Crippen molar-refractivity contribution >= 4 is 12.4 Å². The maximum absolute atomic E-state index is 12.7. The lowest BCUT2D eigenvalue weighted by Gasteiger charge is -2.10. The number of nitrogens with two attached hydrogens (primary N) is 1. The molecule has 1 aromatic carbocycles. The molecule has 0 bridgehead atoms. The van der Waals surface area contributed by atoms with Crippen molar-refractivity contribution < 1.29 is 8.78 Å². The lowest BCUT2D eigenvalue weighted by Crippen LogP contribution is -2.07. The van der Waals surface area contributed by atoms with Crippen LogP contribution in [0.3, 0.4) is 0 Å². The van der Waals surface area contributed by atoms with E-state index in [9.17, 15) is 8.78 Å². The highest BCUT2D eigenvalue weighted by Gasteiger charge is 2.23. The molecular formula is C9H12ClF2N. The largest absolute Gasteiger partial charge is 0.326 e. The van der Waals surface area contributed by atoms with Crippen LogP contribution in [0.5, 0.6) is 0 Å². The van der Waals surface area contributed by atoms with Crippen LogP contribution in [-0.4, -0.2) is 0 Å². The Kier molecular flexibility index (Phi) is 4.30. The third kappa shape index (κ3) is 3.28. The third-order valence-corrected chi connectivity index (χ3v) is 1.70. The van der Waals surface area contributed by atoms with Crippen molar-refractivity contribution in [2.24, 2.45) is 5.73 Å². The summed E-state index contributed by atoms with van der Waals surface area (Å²) in [6.07, 6.45) is 0. The second kappa shape index (κ2) is 4.53. The molecule has 0 spiro atoms. The summed E-state index contributed by atoms with van der Waals surface area (Å²) in [5.74, 6) is -2.76. The van der Waals surface area contributed by atoms with Crippen LogP contribution in [0.15, 0.2) is 24.3 Å². The maximum atomic E-state index is 12.7. The lowest BCUT2D eigenvalue weighted by molar-refractivity contribution is 0.0174. The van der Waals surface area contributed by atoms with Crippen LogP contribution in [0.2, 0.25) is 0 Å². The summed E-state index contributed by atoms with van der Waals surface area (Å²) in [7, 11) is 0. The molecule has 0 atom stereocenters. The molecule has 0 amide bonds. The number of hydrogen-bond acceptors (Lipinski definition) is 1. The third-order valence-electron chi connectivity index (χ3n) is 1.70. The number of benzene rings is 1. The second-order valence-corrected chi connectivity index (χ2v) is 2.79. The van der Waals surface area contributed by atoms with Gasteiger partial charge in [-0.15, -0.1) is 12.4 Å². The van der Waals surface area contributed by atoms with Gasteiger partial charge in [-0.3, -0.25) is 0 Å². The van der Waals surface area contributed by atoms with Crippen LogP contribution in [-0.2, 0) is 12.5 Å². The number of alkyl halides is 2. The van der Waals surface area contributed by atoms with Gasteiger partial charge in [0.25, 0.3) is 5.92 Å². The van der Waals surface area contributed by atoms with E-state index in [1.54, 1.807) is 12.1 Å². The molecule has 0 aromatic heterocycles.